The molecule has 1 rings (SSSR count). The van der Waals surface area contributed by atoms with Crippen LogP contribution in [0.1, 0.15) is 19.5 Å². The van der Waals surface area contributed by atoms with Gasteiger partial charge in [-0.3, -0.25) is 10.1 Å². The van der Waals surface area contributed by atoms with Gasteiger partial charge in [-0.25, -0.2) is 4.98 Å². The van der Waals surface area contributed by atoms with Crippen molar-refractivity contribution in [3.8, 4) is 0 Å². The summed E-state index contributed by atoms with van der Waals surface area (Å²) < 4.78 is 0. The number of aromatic nitrogens is 2. The first-order chi connectivity index (χ1) is 9.53. The molecule has 0 aliphatic heterocycles. The van der Waals surface area contributed by atoms with E-state index in [9.17, 15) is 10.1 Å². The van der Waals surface area contributed by atoms with E-state index in [-0.39, 0.29) is 5.69 Å². The fraction of sp³-hybridized carbons (Fsp3) is 0.667. The highest BCUT2D eigenvalue weighted by Gasteiger charge is 2.22. The van der Waals surface area contributed by atoms with Crippen LogP contribution in [-0.4, -0.2) is 52.2 Å². The van der Waals surface area contributed by atoms with E-state index >= 15 is 0 Å². The average molecular weight is 299 g/mol. The summed E-state index contributed by atoms with van der Waals surface area (Å²) in [6, 6.07) is 0. The number of nitro groups is 1. The predicted octanol–water partition coefficient (Wildman–Crippen LogP) is 2.17. The maximum Gasteiger partial charge on any atom is 0.322 e. The van der Waals surface area contributed by atoms with Gasteiger partial charge in [0.15, 0.2) is 5.03 Å². The molecule has 112 valence electrons. The summed E-state index contributed by atoms with van der Waals surface area (Å²) in [5.74, 6) is 1.18. The van der Waals surface area contributed by atoms with Crippen LogP contribution >= 0.6 is 11.8 Å². The summed E-state index contributed by atoms with van der Waals surface area (Å²) >= 11 is 1.40. The van der Waals surface area contributed by atoms with Crippen LogP contribution < -0.4 is 5.32 Å². The van der Waals surface area contributed by atoms with E-state index in [0.717, 1.165) is 25.4 Å². The van der Waals surface area contributed by atoms with E-state index in [1.54, 1.807) is 14.0 Å². The zero-order chi connectivity index (χ0) is 15.1. The lowest BCUT2D eigenvalue weighted by atomic mass is 10.4. The van der Waals surface area contributed by atoms with E-state index in [0.29, 0.717) is 16.7 Å². The maximum absolute atomic E-state index is 11.1. The van der Waals surface area contributed by atoms with Gasteiger partial charge in [0.1, 0.15) is 5.69 Å². The van der Waals surface area contributed by atoms with Crippen molar-refractivity contribution in [3.05, 3.63) is 15.8 Å². The Labute approximate surface area is 123 Å². The smallest absolute Gasteiger partial charge is 0.322 e. The Bertz CT molecular complexity index is 465. The molecule has 0 atom stereocenters. The largest absolute Gasteiger partial charge is 0.357 e. The molecule has 0 radical (unpaired) electrons. The Kier molecular flexibility index (Phi) is 6.66. The Morgan fingerprint density at radius 1 is 1.35 bits per heavy atom. The summed E-state index contributed by atoms with van der Waals surface area (Å²) in [5.41, 5.74) is 0.397. The molecule has 7 nitrogen and oxygen atoms in total. The zero-order valence-corrected chi connectivity index (χ0v) is 13.2. The third-order valence-electron chi connectivity index (χ3n) is 2.97. The number of hydrogen-bond acceptors (Lipinski definition) is 7. The predicted molar refractivity (Wildman–Crippen MR) is 81.5 cm³/mol. The summed E-state index contributed by atoms with van der Waals surface area (Å²) in [6.45, 7) is 8.67. The van der Waals surface area contributed by atoms with Crippen molar-refractivity contribution in [1.29, 1.82) is 0 Å². The van der Waals surface area contributed by atoms with Crippen LogP contribution in [0.15, 0.2) is 5.03 Å². The van der Waals surface area contributed by atoms with Crippen molar-refractivity contribution in [2.45, 2.75) is 25.8 Å². The van der Waals surface area contributed by atoms with Crippen LogP contribution in [0.4, 0.5) is 11.6 Å². The number of hydrogen-bond donors (Lipinski definition) is 1. The Morgan fingerprint density at radius 3 is 2.50 bits per heavy atom. The first kappa shape index (κ1) is 16.6. The number of nitrogens with one attached hydrogen (secondary N) is 1. The molecule has 0 aliphatic rings. The van der Waals surface area contributed by atoms with Gasteiger partial charge in [0.25, 0.3) is 0 Å². The molecule has 1 N–H and O–H groups in total. The molecule has 0 amide bonds. The van der Waals surface area contributed by atoms with Crippen LogP contribution in [-0.2, 0) is 0 Å². The molecule has 1 aromatic rings. The topological polar surface area (TPSA) is 84.2 Å². The number of nitrogens with zero attached hydrogens (tertiary/aromatic N) is 4. The number of anilines is 1. The standard InChI is InChI=1S/C12H21N5O2S/c1-5-16(6-2)7-8-20-11-10(17(18)19)9(3)14-12(13-4)15-11/h5-8H2,1-4H3,(H,13,14,15). The van der Waals surface area contributed by atoms with Crippen LogP contribution in [0, 0.1) is 17.0 Å². The molecule has 1 aromatic heterocycles. The number of aryl methyl sites for hydroxylation is 1. The molecule has 0 spiro atoms. The fourth-order valence-electron chi connectivity index (χ4n) is 1.77. The van der Waals surface area contributed by atoms with E-state index in [4.69, 9.17) is 0 Å². The first-order valence-corrected chi connectivity index (χ1v) is 7.57. The van der Waals surface area contributed by atoms with Gasteiger partial charge in [0.2, 0.25) is 5.95 Å². The molecule has 0 saturated carbocycles. The van der Waals surface area contributed by atoms with Crippen molar-refractivity contribution in [3.63, 3.8) is 0 Å². The first-order valence-electron chi connectivity index (χ1n) is 6.59. The van der Waals surface area contributed by atoms with Crippen LogP contribution in [0.5, 0.6) is 0 Å². The second kappa shape index (κ2) is 8.01. The normalized spacial score (nSPS) is 10.8. The highest BCUT2D eigenvalue weighted by molar-refractivity contribution is 7.99. The van der Waals surface area contributed by atoms with Gasteiger partial charge in [-0.15, -0.1) is 0 Å². The third kappa shape index (κ3) is 4.31. The lowest BCUT2D eigenvalue weighted by Crippen LogP contribution is -2.25. The minimum atomic E-state index is -0.408. The summed E-state index contributed by atoms with van der Waals surface area (Å²) in [6.07, 6.45) is 0. The van der Waals surface area contributed by atoms with Gasteiger partial charge >= 0.3 is 5.69 Å². The van der Waals surface area contributed by atoms with E-state index < -0.39 is 4.92 Å². The van der Waals surface area contributed by atoms with Gasteiger partial charge < -0.3 is 10.2 Å². The van der Waals surface area contributed by atoms with Crippen LogP contribution in [0.25, 0.3) is 0 Å². The zero-order valence-electron chi connectivity index (χ0n) is 12.3. The lowest BCUT2D eigenvalue weighted by Gasteiger charge is -2.17. The SMILES string of the molecule is CCN(CC)CCSc1nc(NC)nc(C)c1[N+](=O)[O-]. The number of rotatable bonds is 8. The molecule has 0 unspecified atom stereocenters. The van der Waals surface area contributed by atoms with Gasteiger partial charge in [-0.05, 0) is 20.0 Å². The number of thioether (sulfide) groups is 1. The van der Waals surface area contributed by atoms with Crippen molar-refractivity contribution in [2.24, 2.45) is 0 Å². The maximum atomic E-state index is 11.1. The van der Waals surface area contributed by atoms with E-state index in [1.165, 1.54) is 11.8 Å². The van der Waals surface area contributed by atoms with Gasteiger partial charge in [0.05, 0.1) is 4.92 Å². The molecule has 0 aliphatic carbocycles. The van der Waals surface area contributed by atoms with Crippen molar-refractivity contribution < 1.29 is 4.92 Å². The second-order valence-electron chi connectivity index (χ2n) is 4.17. The summed E-state index contributed by atoms with van der Waals surface area (Å²) in [7, 11) is 1.70. The van der Waals surface area contributed by atoms with E-state index in [2.05, 4.69) is 34.0 Å². The quantitative estimate of drug-likeness (QED) is 0.341. The second-order valence-corrected chi connectivity index (χ2v) is 5.25. The molecule has 8 heteroatoms. The van der Waals surface area contributed by atoms with Gasteiger partial charge in [-0.1, -0.05) is 25.6 Å². The van der Waals surface area contributed by atoms with E-state index in [1.807, 2.05) is 0 Å². The molecule has 0 fully saturated rings. The Hall–Kier alpha value is -1.41. The molecular formula is C12H21N5O2S. The summed E-state index contributed by atoms with van der Waals surface area (Å²) in [5, 5.41) is 14.4. The minimum Gasteiger partial charge on any atom is -0.357 e. The van der Waals surface area contributed by atoms with Gasteiger partial charge in [-0.2, -0.15) is 4.98 Å². The summed E-state index contributed by atoms with van der Waals surface area (Å²) in [4.78, 5) is 21.3. The van der Waals surface area contributed by atoms with Crippen molar-refractivity contribution >= 4 is 23.4 Å². The van der Waals surface area contributed by atoms with Gasteiger partial charge in [0, 0.05) is 19.3 Å². The van der Waals surface area contributed by atoms with Crippen molar-refractivity contribution in [1.82, 2.24) is 14.9 Å². The Morgan fingerprint density at radius 2 is 2.00 bits per heavy atom. The van der Waals surface area contributed by atoms with Crippen LogP contribution in [0.3, 0.4) is 0 Å². The van der Waals surface area contributed by atoms with Crippen LogP contribution in [0.2, 0.25) is 0 Å². The highest BCUT2D eigenvalue weighted by atomic mass is 32.2. The lowest BCUT2D eigenvalue weighted by molar-refractivity contribution is -0.389. The monoisotopic (exact) mass is 299 g/mol. The van der Waals surface area contributed by atoms with Crippen molar-refractivity contribution in [2.75, 3.05) is 37.8 Å². The minimum absolute atomic E-state index is 0.00791. The molecule has 1 heterocycles. The molecule has 0 saturated heterocycles. The molecule has 0 aromatic carbocycles. The molecule has 20 heavy (non-hydrogen) atoms. The molecular weight excluding hydrogens is 278 g/mol. The third-order valence-corrected chi connectivity index (χ3v) is 3.92. The fourth-order valence-corrected chi connectivity index (χ4v) is 2.83. The Balaban J connectivity index is 2.86. The molecule has 0 bridgehead atoms. The highest BCUT2D eigenvalue weighted by Crippen LogP contribution is 2.30. The average Bonchev–Trinajstić information content (AvgIpc) is 2.42.